The van der Waals surface area contributed by atoms with Crippen LogP contribution in [0.2, 0.25) is 0 Å². The smallest absolute Gasteiger partial charge is 0.133 e. The zero-order valence-electron chi connectivity index (χ0n) is 8.85. The summed E-state index contributed by atoms with van der Waals surface area (Å²) in [7, 11) is 1.83. The van der Waals surface area contributed by atoms with Crippen LogP contribution in [0.15, 0.2) is 6.20 Å². The molecule has 0 radical (unpaired) electrons. The topological polar surface area (TPSA) is 57.0 Å². The van der Waals surface area contributed by atoms with Crippen LogP contribution >= 0.6 is 0 Å². The lowest BCUT2D eigenvalue weighted by molar-refractivity contribution is -0.123. The molecular formula is C10H15N3O2. The van der Waals surface area contributed by atoms with E-state index in [2.05, 4.69) is 10.3 Å². The third-order valence-electron chi connectivity index (χ3n) is 2.61. The van der Waals surface area contributed by atoms with E-state index in [0.29, 0.717) is 25.2 Å². The molecule has 0 aliphatic heterocycles. The van der Waals surface area contributed by atoms with Crippen molar-refractivity contribution in [1.29, 1.82) is 0 Å². The highest BCUT2D eigenvalue weighted by molar-refractivity contribution is 5.79. The molecule has 0 amide bonds. The fraction of sp³-hybridized carbons (Fsp3) is 0.700. The molecule has 1 aromatic rings. The predicted molar refractivity (Wildman–Crippen MR) is 53.1 cm³/mol. The zero-order valence-corrected chi connectivity index (χ0v) is 8.85. The summed E-state index contributed by atoms with van der Waals surface area (Å²) in [6.07, 6.45) is 5.06. The highest BCUT2D eigenvalue weighted by atomic mass is 16.5. The Hall–Kier alpha value is -1.23. The fourth-order valence-corrected chi connectivity index (χ4v) is 1.74. The lowest BCUT2D eigenvalue weighted by atomic mass is 9.96. The van der Waals surface area contributed by atoms with E-state index in [9.17, 15) is 4.79 Å². The highest BCUT2D eigenvalue weighted by Crippen LogP contribution is 2.18. The number of ketones is 1. The van der Waals surface area contributed by atoms with Gasteiger partial charge in [-0.1, -0.05) is 5.21 Å². The van der Waals surface area contributed by atoms with Gasteiger partial charge in [-0.25, -0.2) is 0 Å². The van der Waals surface area contributed by atoms with Crippen molar-refractivity contribution in [2.45, 2.75) is 38.4 Å². The summed E-state index contributed by atoms with van der Waals surface area (Å²) >= 11 is 0. The molecule has 1 aromatic heterocycles. The minimum atomic E-state index is 0.213. The minimum absolute atomic E-state index is 0.213. The number of aromatic nitrogens is 3. The summed E-state index contributed by atoms with van der Waals surface area (Å²) in [4.78, 5) is 11.0. The molecule has 82 valence electrons. The summed E-state index contributed by atoms with van der Waals surface area (Å²) < 4.78 is 7.32. The SMILES string of the molecule is Cn1cc(COC2CCC(=O)CC2)nn1. The maximum Gasteiger partial charge on any atom is 0.133 e. The van der Waals surface area contributed by atoms with Crippen molar-refractivity contribution >= 4 is 5.78 Å². The largest absolute Gasteiger partial charge is 0.372 e. The molecule has 0 bridgehead atoms. The molecule has 1 aliphatic rings. The summed E-state index contributed by atoms with van der Waals surface area (Å²) in [5.41, 5.74) is 0.842. The summed E-state index contributed by atoms with van der Waals surface area (Å²) in [5.74, 6) is 0.356. The first kappa shape index (κ1) is 10.3. The van der Waals surface area contributed by atoms with E-state index in [1.807, 2.05) is 13.2 Å². The number of ether oxygens (including phenoxy) is 1. The van der Waals surface area contributed by atoms with Crippen LogP contribution in [0.25, 0.3) is 0 Å². The number of aryl methyl sites for hydroxylation is 1. The maximum atomic E-state index is 11.0. The van der Waals surface area contributed by atoms with E-state index in [-0.39, 0.29) is 6.10 Å². The van der Waals surface area contributed by atoms with E-state index in [0.717, 1.165) is 18.5 Å². The fourth-order valence-electron chi connectivity index (χ4n) is 1.74. The molecule has 1 fully saturated rings. The van der Waals surface area contributed by atoms with Crippen molar-refractivity contribution in [3.63, 3.8) is 0 Å². The summed E-state index contributed by atoms with van der Waals surface area (Å²) in [5, 5.41) is 7.76. The molecule has 0 saturated heterocycles. The van der Waals surface area contributed by atoms with Crippen LogP contribution in [-0.2, 0) is 23.2 Å². The molecule has 5 nitrogen and oxygen atoms in total. The number of rotatable bonds is 3. The average Bonchev–Trinajstić information content (AvgIpc) is 2.64. The molecule has 0 spiro atoms. The zero-order chi connectivity index (χ0) is 10.7. The Kier molecular flexibility index (Phi) is 3.11. The first-order chi connectivity index (χ1) is 7.24. The van der Waals surface area contributed by atoms with Crippen LogP contribution in [0.5, 0.6) is 0 Å². The molecule has 0 atom stereocenters. The minimum Gasteiger partial charge on any atom is -0.372 e. The summed E-state index contributed by atoms with van der Waals surface area (Å²) in [6, 6.07) is 0. The van der Waals surface area contributed by atoms with Crippen LogP contribution < -0.4 is 0 Å². The van der Waals surface area contributed by atoms with Crippen molar-refractivity contribution in [2.75, 3.05) is 0 Å². The monoisotopic (exact) mass is 209 g/mol. The first-order valence-electron chi connectivity index (χ1n) is 5.22. The second kappa shape index (κ2) is 4.53. The highest BCUT2D eigenvalue weighted by Gasteiger charge is 2.19. The number of hydrogen-bond donors (Lipinski definition) is 0. The van der Waals surface area contributed by atoms with Gasteiger partial charge in [0.1, 0.15) is 11.5 Å². The number of hydrogen-bond acceptors (Lipinski definition) is 4. The van der Waals surface area contributed by atoms with Gasteiger partial charge in [0, 0.05) is 19.9 Å². The molecule has 5 heteroatoms. The molecule has 1 aliphatic carbocycles. The van der Waals surface area contributed by atoms with Crippen LogP contribution in [0.1, 0.15) is 31.4 Å². The van der Waals surface area contributed by atoms with E-state index < -0.39 is 0 Å². The number of carbonyl (C=O) groups is 1. The van der Waals surface area contributed by atoms with E-state index >= 15 is 0 Å². The Morgan fingerprint density at radius 3 is 2.87 bits per heavy atom. The van der Waals surface area contributed by atoms with Gasteiger partial charge in [0.2, 0.25) is 0 Å². The van der Waals surface area contributed by atoms with Crippen LogP contribution in [-0.4, -0.2) is 26.9 Å². The van der Waals surface area contributed by atoms with Crippen LogP contribution in [0, 0.1) is 0 Å². The normalized spacial score (nSPS) is 18.3. The van der Waals surface area contributed by atoms with Gasteiger partial charge in [-0.2, -0.15) is 0 Å². The molecule has 0 aromatic carbocycles. The maximum absolute atomic E-state index is 11.0. The predicted octanol–water partition coefficient (Wildman–Crippen LogP) is 0.843. The molecular weight excluding hydrogens is 194 g/mol. The van der Waals surface area contributed by atoms with E-state index in [4.69, 9.17) is 4.74 Å². The lowest BCUT2D eigenvalue weighted by Gasteiger charge is -2.20. The van der Waals surface area contributed by atoms with Crippen molar-refractivity contribution in [1.82, 2.24) is 15.0 Å². The Morgan fingerprint density at radius 2 is 2.27 bits per heavy atom. The van der Waals surface area contributed by atoms with Crippen LogP contribution in [0.3, 0.4) is 0 Å². The third-order valence-corrected chi connectivity index (χ3v) is 2.61. The van der Waals surface area contributed by atoms with Gasteiger partial charge in [0.25, 0.3) is 0 Å². The quantitative estimate of drug-likeness (QED) is 0.740. The second-order valence-corrected chi connectivity index (χ2v) is 3.93. The van der Waals surface area contributed by atoms with Crippen molar-refractivity contribution in [2.24, 2.45) is 7.05 Å². The Labute approximate surface area is 88.4 Å². The van der Waals surface area contributed by atoms with Gasteiger partial charge in [-0.3, -0.25) is 9.48 Å². The van der Waals surface area contributed by atoms with E-state index in [1.165, 1.54) is 0 Å². The van der Waals surface area contributed by atoms with Crippen molar-refractivity contribution in [3.05, 3.63) is 11.9 Å². The Morgan fingerprint density at radius 1 is 1.53 bits per heavy atom. The molecule has 15 heavy (non-hydrogen) atoms. The van der Waals surface area contributed by atoms with E-state index in [1.54, 1.807) is 4.68 Å². The molecule has 2 rings (SSSR count). The Bertz CT molecular complexity index is 338. The number of Topliss-reactive ketones (excluding diaryl/α,β-unsaturated/α-hetero) is 1. The van der Waals surface area contributed by atoms with Gasteiger partial charge < -0.3 is 4.74 Å². The molecule has 0 N–H and O–H groups in total. The average molecular weight is 209 g/mol. The van der Waals surface area contributed by atoms with Gasteiger partial charge in [-0.15, -0.1) is 5.10 Å². The third kappa shape index (κ3) is 2.86. The molecule has 0 unspecified atom stereocenters. The molecule has 1 heterocycles. The van der Waals surface area contributed by atoms with Crippen molar-refractivity contribution < 1.29 is 9.53 Å². The van der Waals surface area contributed by atoms with Gasteiger partial charge >= 0.3 is 0 Å². The Balaban J connectivity index is 1.76. The van der Waals surface area contributed by atoms with Gasteiger partial charge in [0.05, 0.1) is 18.9 Å². The van der Waals surface area contributed by atoms with Crippen molar-refractivity contribution in [3.8, 4) is 0 Å². The summed E-state index contributed by atoms with van der Waals surface area (Å²) in [6.45, 7) is 0.493. The van der Waals surface area contributed by atoms with Gasteiger partial charge in [-0.05, 0) is 12.8 Å². The van der Waals surface area contributed by atoms with Crippen LogP contribution in [0.4, 0.5) is 0 Å². The standard InChI is InChI=1S/C10H15N3O2/c1-13-6-8(11-12-13)7-15-10-4-2-9(14)3-5-10/h6,10H,2-5,7H2,1H3. The number of nitrogens with zero attached hydrogens (tertiary/aromatic N) is 3. The first-order valence-corrected chi connectivity index (χ1v) is 5.22. The molecule has 1 saturated carbocycles. The number of carbonyl (C=O) groups excluding carboxylic acids is 1. The lowest BCUT2D eigenvalue weighted by Crippen LogP contribution is -2.21. The van der Waals surface area contributed by atoms with Gasteiger partial charge in [0.15, 0.2) is 0 Å². The second-order valence-electron chi connectivity index (χ2n) is 3.93.